The maximum atomic E-state index is 13.9. The van der Waals surface area contributed by atoms with Gasteiger partial charge in [-0.2, -0.15) is 5.26 Å². The highest BCUT2D eigenvalue weighted by Gasteiger charge is 2.45. The summed E-state index contributed by atoms with van der Waals surface area (Å²) in [4.78, 5) is 31.2. The molecule has 6 nitrogen and oxygen atoms in total. The zero-order valence-corrected chi connectivity index (χ0v) is 20.2. The number of carbonyl (C=O) groups is 2. The van der Waals surface area contributed by atoms with Gasteiger partial charge in [0.25, 0.3) is 5.91 Å². The number of hydrogen-bond acceptors (Lipinski definition) is 4. The van der Waals surface area contributed by atoms with E-state index in [4.69, 9.17) is 5.26 Å². The van der Waals surface area contributed by atoms with Gasteiger partial charge in [-0.05, 0) is 50.1 Å². The number of carbonyl (C=O) groups excluding carboxylic acids is 2. The number of nitriles is 1. The summed E-state index contributed by atoms with van der Waals surface area (Å²) >= 11 is 0. The maximum absolute atomic E-state index is 13.9. The molecule has 1 heterocycles. The van der Waals surface area contributed by atoms with E-state index in [1.807, 2.05) is 42.2 Å². The van der Waals surface area contributed by atoms with Crippen molar-refractivity contribution in [1.82, 2.24) is 4.90 Å². The molecule has 6 heteroatoms. The minimum absolute atomic E-state index is 0.0174. The zero-order chi connectivity index (χ0) is 24.8. The van der Waals surface area contributed by atoms with E-state index in [0.29, 0.717) is 12.1 Å². The van der Waals surface area contributed by atoms with Crippen LogP contribution in [-0.4, -0.2) is 35.8 Å². The fraction of sp³-hybridized carbons (Fsp3) is 0.345. The molecule has 1 N–H and O–H groups in total. The molecule has 1 saturated carbocycles. The van der Waals surface area contributed by atoms with Crippen molar-refractivity contribution in [2.24, 2.45) is 0 Å². The molecular weight excluding hydrogens is 436 g/mol. The summed E-state index contributed by atoms with van der Waals surface area (Å²) in [6, 6.07) is 16.5. The van der Waals surface area contributed by atoms with Crippen LogP contribution in [0.15, 0.2) is 72.8 Å². The molecular formula is C29H32N4O2. The van der Waals surface area contributed by atoms with Gasteiger partial charge in [0.15, 0.2) is 0 Å². The van der Waals surface area contributed by atoms with Gasteiger partial charge in [-0.1, -0.05) is 61.8 Å². The third-order valence-corrected chi connectivity index (χ3v) is 6.81. The number of nitrogens with zero attached hydrogens (tertiary/aromatic N) is 3. The highest BCUT2D eigenvalue weighted by molar-refractivity contribution is 6.07. The maximum Gasteiger partial charge on any atom is 0.254 e. The second-order valence-corrected chi connectivity index (χ2v) is 9.27. The molecule has 1 fully saturated rings. The highest BCUT2D eigenvalue weighted by atomic mass is 16.2. The highest BCUT2D eigenvalue weighted by Crippen LogP contribution is 2.43. The van der Waals surface area contributed by atoms with E-state index in [1.54, 1.807) is 35.2 Å². The Morgan fingerprint density at radius 3 is 2.57 bits per heavy atom. The van der Waals surface area contributed by atoms with Gasteiger partial charge < -0.3 is 15.1 Å². The lowest BCUT2D eigenvalue weighted by atomic mass is 9.94. The van der Waals surface area contributed by atoms with Crippen LogP contribution >= 0.6 is 0 Å². The lowest BCUT2D eigenvalue weighted by Gasteiger charge is -2.33. The van der Waals surface area contributed by atoms with Crippen molar-refractivity contribution >= 4 is 23.2 Å². The smallest absolute Gasteiger partial charge is 0.254 e. The summed E-state index contributed by atoms with van der Waals surface area (Å²) in [7, 11) is 0. The Morgan fingerprint density at radius 2 is 1.89 bits per heavy atom. The van der Waals surface area contributed by atoms with Crippen LogP contribution in [0.5, 0.6) is 0 Å². The molecule has 0 bridgehead atoms. The molecule has 0 aromatic heterocycles. The minimum Gasteiger partial charge on any atom is -0.376 e. The lowest BCUT2D eigenvalue weighted by molar-refractivity contribution is -0.137. The molecule has 35 heavy (non-hydrogen) atoms. The number of amides is 2. The van der Waals surface area contributed by atoms with Crippen molar-refractivity contribution in [3.8, 4) is 6.07 Å². The van der Waals surface area contributed by atoms with Crippen LogP contribution in [0.1, 0.15) is 56.2 Å². The van der Waals surface area contributed by atoms with E-state index < -0.39 is 6.04 Å². The fourth-order valence-electron chi connectivity index (χ4n) is 5.13. The SMILES string of the molecule is C=C/C=C(\C)CN(C(=O)CNc1ccc(C#N)cc1)C1C(=O)N(C2CCCCC2)c2ccccc21. The lowest BCUT2D eigenvalue weighted by Crippen LogP contribution is -2.46. The van der Waals surface area contributed by atoms with E-state index in [2.05, 4.69) is 18.0 Å². The number of allylic oxidation sites excluding steroid dienone is 2. The van der Waals surface area contributed by atoms with Crippen LogP contribution in [0.4, 0.5) is 11.4 Å². The summed E-state index contributed by atoms with van der Waals surface area (Å²) in [5, 5.41) is 12.2. The summed E-state index contributed by atoms with van der Waals surface area (Å²) in [5.41, 5.74) is 4.08. The first-order valence-corrected chi connectivity index (χ1v) is 12.3. The van der Waals surface area contributed by atoms with Crippen LogP contribution in [0, 0.1) is 11.3 Å². The summed E-state index contributed by atoms with van der Waals surface area (Å²) in [6.07, 6.45) is 9.02. The molecule has 2 aliphatic rings. The van der Waals surface area contributed by atoms with Crippen molar-refractivity contribution in [2.45, 2.75) is 51.1 Å². The predicted octanol–water partition coefficient (Wildman–Crippen LogP) is 5.35. The van der Waals surface area contributed by atoms with Crippen LogP contribution < -0.4 is 10.2 Å². The second-order valence-electron chi connectivity index (χ2n) is 9.27. The minimum atomic E-state index is -0.656. The largest absolute Gasteiger partial charge is 0.376 e. The monoisotopic (exact) mass is 468 g/mol. The number of anilines is 2. The van der Waals surface area contributed by atoms with Gasteiger partial charge in [0.05, 0.1) is 18.2 Å². The van der Waals surface area contributed by atoms with E-state index in [0.717, 1.165) is 48.2 Å². The third kappa shape index (κ3) is 5.30. The van der Waals surface area contributed by atoms with Crippen molar-refractivity contribution in [1.29, 1.82) is 5.26 Å². The van der Waals surface area contributed by atoms with Crippen molar-refractivity contribution < 1.29 is 9.59 Å². The molecule has 2 amide bonds. The van der Waals surface area contributed by atoms with Gasteiger partial charge in [0.2, 0.25) is 5.91 Å². The Balaban J connectivity index is 1.62. The van der Waals surface area contributed by atoms with E-state index >= 15 is 0 Å². The zero-order valence-electron chi connectivity index (χ0n) is 20.2. The van der Waals surface area contributed by atoms with Gasteiger partial charge in [-0.25, -0.2) is 0 Å². The topological polar surface area (TPSA) is 76.4 Å². The Kier molecular flexibility index (Phi) is 7.67. The molecule has 1 aliphatic carbocycles. The Labute approximate surface area is 207 Å². The van der Waals surface area contributed by atoms with Crippen LogP contribution in [-0.2, 0) is 9.59 Å². The Morgan fingerprint density at radius 1 is 1.17 bits per heavy atom. The van der Waals surface area contributed by atoms with Crippen LogP contribution in [0.2, 0.25) is 0 Å². The van der Waals surface area contributed by atoms with Crippen LogP contribution in [0.3, 0.4) is 0 Å². The van der Waals surface area contributed by atoms with Gasteiger partial charge in [0, 0.05) is 29.5 Å². The molecule has 1 unspecified atom stereocenters. The first-order chi connectivity index (χ1) is 17.0. The normalized spacial score (nSPS) is 18.1. The second kappa shape index (κ2) is 11.1. The first-order valence-electron chi connectivity index (χ1n) is 12.3. The first kappa shape index (κ1) is 24.3. The molecule has 0 radical (unpaired) electrons. The number of rotatable bonds is 8. The standard InChI is InChI=1S/C29H32N4O2/c1-3-9-21(2)20-32(27(34)19-31-23-16-14-22(18-30)15-17-23)28-25-12-7-8-13-26(25)33(29(28)35)24-10-5-4-6-11-24/h3,7-9,12-17,24,28,31H,1,4-6,10-11,19-20H2,2H3/b21-9+. The number of hydrogen-bond donors (Lipinski definition) is 1. The molecule has 2 aromatic rings. The number of fused-ring (bicyclic) bond motifs is 1. The molecule has 180 valence electrons. The summed E-state index contributed by atoms with van der Waals surface area (Å²) in [6.45, 7) is 6.10. The Bertz CT molecular complexity index is 1160. The Hall–Kier alpha value is -3.85. The number of benzene rings is 2. The van der Waals surface area contributed by atoms with Crippen LogP contribution in [0.25, 0.3) is 0 Å². The number of para-hydroxylation sites is 1. The van der Waals surface area contributed by atoms with Gasteiger partial charge in [-0.15, -0.1) is 0 Å². The van der Waals surface area contributed by atoms with E-state index in [9.17, 15) is 9.59 Å². The van der Waals surface area contributed by atoms with Crippen molar-refractivity contribution in [3.05, 3.63) is 84.0 Å². The van der Waals surface area contributed by atoms with E-state index in [1.165, 1.54) is 6.42 Å². The molecule has 0 saturated heterocycles. The quantitative estimate of drug-likeness (QED) is 0.530. The third-order valence-electron chi connectivity index (χ3n) is 6.81. The number of nitrogens with one attached hydrogen (secondary N) is 1. The van der Waals surface area contributed by atoms with Gasteiger partial charge in [-0.3, -0.25) is 9.59 Å². The molecule has 4 rings (SSSR count). The average molecular weight is 469 g/mol. The van der Waals surface area contributed by atoms with Gasteiger partial charge in [0.1, 0.15) is 6.04 Å². The molecule has 2 aromatic carbocycles. The summed E-state index contributed by atoms with van der Waals surface area (Å²) in [5.74, 6) is -0.180. The van der Waals surface area contributed by atoms with Gasteiger partial charge >= 0.3 is 0 Å². The average Bonchev–Trinajstić information content (AvgIpc) is 3.18. The molecule has 1 atom stereocenters. The fourth-order valence-corrected chi connectivity index (χ4v) is 5.13. The van der Waals surface area contributed by atoms with Crippen molar-refractivity contribution in [2.75, 3.05) is 23.3 Å². The summed E-state index contributed by atoms with van der Waals surface area (Å²) < 4.78 is 0. The van der Waals surface area contributed by atoms with E-state index in [-0.39, 0.29) is 24.4 Å². The van der Waals surface area contributed by atoms with Crippen molar-refractivity contribution in [3.63, 3.8) is 0 Å². The predicted molar refractivity (Wildman–Crippen MR) is 139 cm³/mol. The molecule has 0 spiro atoms. The molecule has 1 aliphatic heterocycles.